The van der Waals surface area contributed by atoms with Crippen LogP contribution in [0.4, 0.5) is 18.9 Å². The molecular weight excluding hydrogens is 363 g/mol. The van der Waals surface area contributed by atoms with Crippen molar-refractivity contribution in [3.8, 4) is 6.07 Å². The lowest BCUT2D eigenvalue weighted by atomic mass is 10.0. The van der Waals surface area contributed by atoms with Crippen LogP contribution in [0.1, 0.15) is 27.3 Å². The zero-order valence-corrected chi connectivity index (χ0v) is 14.4. The molecule has 0 saturated heterocycles. The highest BCUT2D eigenvalue weighted by atomic mass is 19.4. The first-order valence-corrected chi connectivity index (χ1v) is 7.68. The van der Waals surface area contributed by atoms with Crippen LogP contribution in [0, 0.1) is 35.3 Å². The van der Waals surface area contributed by atoms with Gasteiger partial charge in [0.2, 0.25) is 5.78 Å². The number of nitriles is 1. The Labute approximate surface area is 152 Å². The van der Waals surface area contributed by atoms with Crippen LogP contribution in [0.3, 0.4) is 0 Å². The van der Waals surface area contributed by atoms with Gasteiger partial charge in [0.25, 0.3) is 5.69 Å². The molecule has 0 fully saturated rings. The van der Waals surface area contributed by atoms with E-state index in [0.717, 1.165) is 4.57 Å². The highest BCUT2D eigenvalue weighted by Gasteiger charge is 2.30. The number of nitrogens with zero attached hydrogens (tertiary/aromatic N) is 3. The summed E-state index contributed by atoms with van der Waals surface area (Å²) in [6.45, 7) is 1.60. The van der Waals surface area contributed by atoms with Crippen molar-refractivity contribution in [1.29, 1.82) is 5.26 Å². The number of Topliss-reactive ketones (excluding diaryl/α,β-unsaturated/α-hetero) is 1. The predicted octanol–water partition coefficient (Wildman–Crippen LogP) is 4.37. The lowest BCUT2D eigenvalue weighted by molar-refractivity contribution is -0.384. The van der Waals surface area contributed by atoms with Crippen LogP contribution in [0.25, 0.3) is 6.08 Å². The SMILES string of the molecule is Cc1cc(C(=O)/C(C#N)=C/c2ccc([N+](=O)[O-])cc2)c(C)n1CC(F)(F)F. The van der Waals surface area contributed by atoms with Gasteiger partial charge in [0.15, 0.2) is 0 Å². The molecule has 2 aromatic rings. The van der Waals surface area contributed by atoms with E-state index >= 15 is 0 Å². The number of alkyl halides is 3. The zero-order valence-electron chi connectivity index (χ0n) is 14.4. The van der Waals surface area contributed by atoms with Crippen molar-refractivity contribution < 1.29 is 22.9 Å². The number of hydrogen-bond acceptors (Lipinski definition) is 4. The van der Waals surface area contributed by atoms with Gasteiger partial charge < -0.3 is 4.57 Å². The molecule has 0 amide bonds. The molecule has 0 aliphatic rings. The minimum atomic E-state index is -4.44. The van der Waals surface area contributed by atoms with Gasteiger partial charge in [0, 0.05) is 29.1 Å². The number of nitro groups is 1. The van der Waals surface area contributed by atoms with Crippen LogP contribution in [-0.4, -0.2) is 21.4 Å². The fourth-order valence-electron chi connectivity index (χ4n) is 2.61. The molecule has 1 heterocycles. The van der Waals surface area contributed by atoms with Crippen LogP contribution in [0.5, 0.6) is 0 Å². The summed E-state index contributed by atoms with van der Waals surface area (Å²) in [4.78, 5) is 22.7. The summed E-state index contributed by atoms with van der Waals surface area (Å²) in [5.74, 6) is -0.711. The van der Waals surface area contributed by atoms with Gasteiger partial charge in [-0.05, 0) is 43.7 Å². The second-order valence-electron chi connectivity index (χ2n) is 5.83. The van der Waals surface area contributed by atoms with Crippen molar-refractivity contribution in [1.82, 2.24) is 4.57 Å². The summed E-state index contributed by atoms with van der Waals surface area (Å²) in [7, 11) is 0. The maximum absolute atomic E-state index is 12.7. The zero-order chi connectivity index (χ0) is 20.4. The molecule has 0 N–H and O–H groups in total. The van der Waals surface area contributed by atoms with E-state index in [2.05, 4.69) is 0 Å². The molecule has 1 aromatic heterocycles. The highest BCUT2D eigenvalue weighted by Crippen LogP contribution is 2.25. The van der Waals surface area contributed by atoms with Gasteiger partial charge in [-0.3, -0.25) is 14.9 Å². The van der Waals surface area contributed by atoms with E-state index in [1.807, 2.05) is 0 Å². The third kappa shape index (κ3) is 4.61. The average Bonchev–Trinajstić information content (AvgIpc) is 2.86. The summed E-state index contributed by atoms with van der Waals surface area (Å²) >= 11 is 0. The van der Waals surface area contributed by atoms with Crippen molar-refractivity contribution >= 4 is 17.5 Å². The third-order valence-electron chi connectivity index (χ3n) is 3.94. The highest BCUT2D eigenvalue weighted by molar-refractivity contribution is 6.14. The van der Waals surface area contributed by atoms with E-state index in [9.17, 15) is 33.3 Å². The average molecular weight is 377 g/mol. The number of benzene rings is 1. The van der Waals surface area contributed by atoms with Gasteiger partial charge in [0.05, 0.1) is 4.92 Å². The van der Waals surface area contributed by atoms with Crippen molar-refractivity contribution in [2.75, 3.05) is 0 Å². The largest absolute Gasteiger partial charge is 0.406 e. The molecule has 0 atom stereocenters. The molecule has 0 bridgehead atoms. The maximum atomic E-state index is 12.7. The van der Waals surface area contributed by atoms with Gasteiger partial charge in [-0.25, -0.2) is 0 Å². The first-order valence-electron chi connectivity index (χ1n) is 7.68. The number of hydrogen-bond donors (Lipinski definition) is 0. The van der Waals surface area contributed by atoms with E-state index in [1.54, 1.807) is 6.07 Å². The Morgan fingerprint density at radius 2 is 1.89 bits per heavy atom. The number of allylic oxidation sites excluding steroid dienone is 1. The number of aryl methyl sites for hydroxylation is 1. The smallest absolute Gasteiger partial charge is 0.339 e. The molecule has 0 saturated carbocycles. The number of ketones is 1. The Balaban J connectivity index is 2.39. The Morgan fingerprint density at radius 1 is 1.30 bits per heavy atom. The Hall–Kier alpha value is -3.41. The number of rotatable bonds is 5. The Morgan fingerprint density at radius 3 is 2.37 bits per heavy atom. The molecule has 1 aromatic carbocycles. The van der Waals surface area contributed by atoms with Gasteiger partial charge in [-0.1, -0.05) is 0 Å². The monoisotopic (exact) mass is 377 g/mol. The number of aromatic nitrogens is 1. The predicted molar refractivity (Wildman–Crippen MR) is 91.0 cm³/mol. The maximum Gasteiger partial charge on any atom is 0.406 e. The molecule has 9 heteroatoms. The topological polar surface area (TPSA) is 88.9 Å². The summed E-state index contributed by atoms with van der Waals surface area (Å²) in [6, 6.07) is 8.23. The van der Waals surface area contributed by atoms with Gasteiger partial charge in [-0.15, -0.1) is 0 Å². The van der Waals surface area contributed by atoms with Crippen molar-refractivity contribution in [2.45, 2.75) is 26.6 Å². The number of non-ortho nitro benzene ring substituents is 1. The molecule has 0 aliphatic carbocycles. The third-order valence-corrected chi connectivity index (χ3v) is 3.94. The number of nitro benzene ring substituents is 1. The first-order chi connectivity index (χ1) is 12.5. The van der Waals surface area contributed by atoms with Gasteiger partial charge in [-0.2, -0.15) is 18.4 Å². The standard InChI is InChI=1S/C18H14F3N3O3/c1-11-7-16(12(2)23(11)10-18(19,20)21)17(25)14(9-22)8-13-3-5-15(6-4-13)24(26)27/h3-8H,10H2,1-2H3/b14-8+. The Bertz CT molecular complexity index is 965. The van der Waals surface area contributed by atoms with Crippen LogP contribution < -0.4 is 0 Å². The van der Waals surface area contributed by atoms with E-state index in [1.165, 1.54) is 50.3 Å². The number of carbonyl (C=O) groups is 1. The number of carbonyl (C=O) groups excluding carboxylic acids is 1. The Kier molecular flexibility index (Phi) is 5.49. The van der Waals surface area contributed by atoms with Gasteiger partial charge in [0.1, 0.15) is 18.2 Å². The van der Waals surface area contributed by atoms with Crippen molar-refractivity contribution in [3.05, 3.63) is 68.5 Å². The fraction of sp³-hybridized carbons (Fsp3) is 0.222. The number of halogens is 3. The van der Waals surface area contributed by atoms with E-state index in [-0.39, 0.29) is 28.2 Å². The molecule has 0 spiro atoms. The van der Waals surface area contributed by atoms with Crippen LogP contribution in [0.15, 0.2) is 35.9 Å². The van der Waals surface area contributed by atoms with Gasteiger partial charge >= 0.3 is 6.18 Å². The second-order valence-corrected chi connectivity index (χ2v) is 5.83. The molecule has 0 aliphatic heterocycles. The summed E-state index contributed by atoms with van der Waals surface area (Å²) in [5.41, 5.74) is 0.324. The molecule has 27 heavy (non-hydrogen) atoms. The minimum Gasteiger partial charge on any atom is -0.339 e. The summed E-state index contributed by atoms with van der Waals surface area (Å²) in [6.07, 6.45) is -3.20. The first kappa shape index (κ1) is 19.9. The fourth-order valence-corrected chi connectivity index (χ4v) is 2.61. The van der Waals surface area contributed by atoms with E-state index in [0.29, 0.717) is 5.56 Å². The lowest BCUT2D eigenvalue weighted by Crippen LogP contribution is -2.19. The van der Waals surface area contributed by atoms with Crippen molar-refractivity contribution in [2.24, 2.45) is 0 Å². The minimum absolute atomic E-state index is 0.00598. The summed E-state index contributed by atoms with van der Waals surface area (Å²) < 4.78 is 39.1. The molecule has 140 valence electrons. The van der Waals surface area contributed by atoms with E-state index in [4.69, 9.17) is 0 Å². The summed E-state index contributed by atoms with van der Waals surface area (Å²) in [5, 5.41) is 19.9. The molecule has 2 rings (SSSR count). The van der Waals surface area contributed by atoms with E-state index < -0.39 is 23.4 Å². The normalized spacial score (nSPS) is 11.9. The molecular formula is C18H14F3N3O3. The molecule has 6 nitrogen and oxygen atoms in total. The van der Waals surface area contributed by atoms with Crippen molar-refractivity contribution in [3.63, 3.8) is 0 Å². The molecule has 0 unspecified atom stereocenters. The van der Waals surface area contributed by atoms with Crippen LogP contribution in [-0.2, 0) is 6.54 Å². The molecule has 0 radical (unpaired) electrons. The van der Waals surface area contributed by atoms with Crippen LogP contribution in [0.2, 0.25) is 0 Å². The van der Waals surface area contributed by atoms with Crippen LogP contribution >= 0.6 is 0 Å². The lowest BCUT2D eigenvalue weighted by Gasteiger charge is -2.12. The quantitative estimate of drug-likeness (QED) is 0.254. The second kappa shape index (κ2) is 7.45.